The lowest BCUT2D eigenvalue weighted by molar-refractivity contribution is 0.0945. The van der Waals surface area contributed by atoms with Crippen molar-refractivity contribution in [1.82, 2.24) is 10.3 Å². The van der Waals surface area contributed by atoms with Crippen molar-refractivity contribution in [3.05, 3.63) is 70.4 Å². The Labute approximate surface area is 154 Å². The number of nitrogens with zero attached hydrogens (tertiary/aromatic N) is 1. The molecule has 0 fully saturated rings. The molecular weight excluding hydrogens is 348 g/mol. The van der Waals surface area contributed by atoms with Crippen molar-refractivity contribution in [2.75, 3.05) is 0 Å². The second kappa shape index (κ2) is 6.84. The lowest BCUT2D eigenvalue weighted by Crippen LogP contribution is -2.28. The van der Waals surface area contributed by atoms with E-state index in [0.717, 1.165) is 42.7 Å². The third-order valence-corrected chi connectivity index (χ3v) is 5.04. The van der Waals surface area contributed by atoms with Gasteiger partial charge in [-0.05, 0) is 55.5 Å². The van der Waals surface area contributed by atoms with Crippen LogP contribution in [0.5, 0.6) is 0 Å². The third-order valence-electron chi connectivity index (χ3n) is 5.04. The molecule has 1 aliphatic rings. The van der Waals surface area contributed by atoms with E-state index in [2.05, 4.69) is 10.3 Å². The first-order valence-electron chi connectivity index (χ1n) is 8.85. The molecule has 1 unspecified atom stereocenters. The van der Waals surface area contributed by atoms with Crippen LogP contribution in [0.2, 0.25) is 0 Å². The normalized spacial score (nSPS) is 14.4. The van der Waals surface area contributed by atoms with Gasteiger partial charge in [0.2, 0.25) is 0 Å². The van der Waals surface area contributed by atoms with Gasteiger partial charge in [-0.25, -0.2) is 8.78 Å². The van der Waals surface area contributed by atoms with Gasteiger partial charge in [0.25, 0.3) is 5.91 Å². The monoisotopic (exact) mass is 365 g/mol. The zero-order valence-electron chi connectivity index (χ0n) is 14.5. The van der Waals surface area contributed by atoms with Gasteiger partial charge in [-0.1, -0.05) is 6.07 Å². The number of nitrogens with one attached hydrogen (secondary N) is 2. The van der Waals surface area contributed by atoms with Gasteiger partial charge in [0.05, 0.1) is 6.07 Å². The first-order chi connectivity index (χ1) is 13.1. The lowest BCUT2D eigenvalue weighted by Gasteiger charge is -2.13. The van der Waals surface area contributed by atoms with Crippen LogP contribution in [0, 0.1) is 23.0 Å². The molecule has 1 aliphatic carbocycles. The van der Waals surface area contributed by atoms with E-state index in [-0.39, 0.29) is 5.56 Å². The Bertz CT molecular complexity index is 1080. The highest BCUT2D eigenvalue weighted by Gasteiger charge is 2.21. The van der Waals surface area contributed by atoms with Gasteiger partial charge in [-0.15, -0.1) is 0 Å². The topological polar surface area (TPSA) is 68.7 Å². The van der Waals surface area contributed by atoms with Crippen molar-refractivity contribution in [2.45, 2.75) is 31.7 Å². The quantitative estimate of drug-likeness (QED) is 0.726. The zero-order chi connectivity index (χ0) is 19.0. The summed E-state index contributed by atoms with van der Waals surface area (Å²) in [6, 6.07) is 8.92. The maximum atomic E-state index is 13.9. The van der Waals surface area contributed by atoms with Gasteiger partial charge in [-0.3, -0.25) is 4.79 Å². The molecule has 2 aromatic carbocycles. The summed E-state index contributed by atoms with van der Waals surface area (Å²) in [6.07, 6.45) is 4.25. The lowest BCUT2D eigenvalue weighted by atomic mass is 9.95. The Kier molecular flexibility index (Phi) is 4.36. The molecule has 0 aliphatic heterocycles. The fraction of sp³-hybridized carbons (Fsp3) is 0.238. The van der Waals surface area contributed by atoms with Crippen molar-refractivity contribution < 1.29 is 13.6 Å². The minimum Gasteiger partial charge on any atom is -0.358 e. The number of rotatable bonds is 3. The van der Waals surface area contributed by atoms with Crippen LogP contribution < -0.4 is 5.32 Å². The predicted molar refractivity (Wildman–Crippen MR) is 97.1 cm³/mol. The number of halogens is 2. The number of H-pyrrole nitrogens is 1. The van der Waals surface area contributed by atoms with Crippen molar-refractivity contribution in [3.63, 3.8) is 0 Å². The predicted octanol–water partition coefficient (Wildman–Crippen LogP) is 4.32. The molecule has 0 saturated heterocycles. The van der Waals surface area contributed by atoms with Crippen LogP contribution in [0.25, 0.3) is 10.9 Å². The summed E-state index contributed by atoms with van der Waals surface area (Å²) in [5.41, 5.74) is 3.79. The van der Waals surface area contributed by atoms with E-state index in [0.29, 0.717) is 11.6 Å². The molecule has 0 radical (unpaired) electrons. The summed E-state index contributed by atoms with van der Waals surface area (Å²) in [6.45, 7) is 0. The largest absolute Gasteiger partial charge is 0.358 e. The number of carbonyl (C=O) groups excluding carboxylic acids is 1. The number of aromatic nitrogens is 1. The summed E-state index contributed by atoms with van der Waals surface area (Å²) in [4.78, 5) is 16.0. The van der Waals surface area contributed by atoms with E-state index >= 15 is 0 Å². The highest BCUT2D eigenvalue weighted by Crippen LogP contribution is 2.30. The summed E-state index contributed by atoms with van der Waals surface area (Å²) in [5.74, 6) is -2.07. The first-order valence-corrected chi connectivity index (χ1v) is 8.85. The smallest absolute Gasteiger partial charge is 0.252 e. The van der Waals surface area contributed by atoms with Gasteiger partial charge in [0.15, 0.2) is 0 Å². The van der Waals surface area contributed by atoms with E-state index in [4.69, 9.17) is 0 Å². The maximum Gasteiger partial charge on any atom is 0.252 e. The number of aryl methyl sites for hydroxylation is 2. The van der Waals surface area contributed by atoms with E-state index in [1.165, 1.54) is 17.3 Å². The fourth-order valence-electron chi connectivity index (χ4n) is 3.68. The number of amides is 1. The van der Waals surface area contributed by atoms with Crippen molar-refractivity contribution >= 4 is 16.8 Å². The van der Waals surface area contributed by atoms with E-state index < -0.39 is 23.6 Å². The van der Waals surface area contributed by atoms with E-state index in [1.807, 2.05) is 12.1 Å². The number of benzene rings is 2. The summed E-state index contributed by atoms with van der Waals surface area (Å²) in [5, 5.41) is 12.9. The van der Waals surface area contributed by atoms with Crippen molar-refractivity contribution in [1.29, 1.82) is 5.26 Å². The van der Waals surface area contributed by atoms with Gasteiger partial charge in [0.1, 0.15) is 17.7 Å². The SMILES string of the molecule is N#CC(NC(=O)c1ccc2[nH]c3c(c2c1)CCCC3)c1ccc(F)cc1F. The van der Waals surface area contributed by atoms with Crippen LogP contribution in [-0.4, -0.2) is 10.9 Å². The van der Waals surface area contributed by atoms with E-state index in [1.54, 1.807) is 12.1 Å². The molecular formula is C21H17F2N3O. The highest BCUT2D eigenvalue weighted by molar-refractivity contribution is 5.99. The molecule has 1 amide bonds. The molecule has 6 heteroatoms. The van der Waals surface area contributed by atoms with Crippen LogP contribution in [-0.2, 0) is 12.8 Å². The maximum absolute atomic E-state index is 13.9. The van der Waals surface area contributed by atoms with Crippen LogP contribution in [0.3, 0.4) is 0 Å². The number of aromatic amines is 1. The molecule has 3 aromatic rings. The number of fused-ring (bicyclic) bond motifs is 3. The molecule has 0 spiro atoms. The van der Waals surface area contributed by atoms with Crippen LogP contribution in [0.1, 0.15) is 46.1 Å². The molecule has 4 rings (SSSR count). The molecule has 136 valence electrons. The zero-order valence-corrected chi connectivity index (χ0v) is 14.5. The van der Waals surface area contributed by atoms with Gasteiger partial charge in [0, 0.05) is 33.8 Å². The molecule has 1 aromatic heterocycles. The molecule has 4 nitrogen and oxygen atoms in total. The van der Waals surface area contributed by atoms with Crippen molar-refractivity contribution in [2.24, 2.45) is 0 Å². The van der Waals surface area contributed by atoms with Gasteiger partial charge >= 0.3 is 0 Å². The number of carbonyl (C=O) groups is 1. The van der Waals surface area contributed by atoms with Crippen LogP contribution in [0.15, 0.2) is 36.4 Å². The molecule has 2 N–H and O–H groups in total. The minimum absolute atomic E-state index is 0.0626. The van der Waals surface area contributed by atoms with Gasteiger partial charge in [-0.2, -0.15) is 5.26 Å². The average molecular weight is 365 g/mol. The summed E-state index contributed by atoms with van der Waals surface area (Å²) >= 11 is 0. The Morgan fingerprint density at radius 1 is 1.15 bits per heavy atom. The molecule has 0 saturated carbocycles. The van der Waals surface area contributed by atoms with Gasteiger partial charge < -0.3 is 10.3 Å². The van der Waals surface area contributed by atoms with Crippen LogP contribution >= 0.6 is 0 Å². The highest BCUT2D eigenvalue weighted by atomic mass is 19.1. The summed E-state index contributed by atoms with van der Waals surface area (Å²) in [7, 11) is 0. The number of nitriles is 1. The second-order valence-electron chi connectivity index (χ2n) is 6.75. The Balaban J connectivity index is 1.63. The van der Waals surface area contributed by atoms with Crippen LogP contribution in [0.4, 0.5) is 8.78 Å². The average Bonchev–Trinajstić information content (AvgIpc) is 3.04. The summed E-state index contributed by atoms with van der Waals surface area (Å²) < 4.78 is 27.0. The standard InChI is InChI=1S/C21H17F2N3O/c22-13-6-7-15(17(23)10-13)20(11-24)26-21(27)12-5-8-19-16(9-12)14-3-1-2-4-18(14)25-19/h5-10,20,25H,1-4H2,(H,26,27). The van der Waals surface area contributed by atoms with Crippen molar-refractivity contribution in [3.8, 4) is 6.07 Å². The molecule has 1 atom stereocenters. The first kappa shape index (κ1) is 17.2. The fourth-order valence-corrected chi connectivity index (χ4v) is 3.68. The third kappa shape index (κ3) is 3.17. The van der Waals surface area contributed by atoms with E-state index in [9.17, 15) is 18.8 Å². The Morgan fingerprint density at radius 2 is 1.96 bits per heavy atom. The molecule has 1 heterocycles. The minimum atomic E-state index is -1.20. The number of hydrogen-bond donors (Lipinski definition) is 2. The molecule has 27 heavy (non-hydrogen) atoms. The Morgan fingerprint density at radius 3 is 2.74 bits per heavy atom. The number of hydrogen-bond acceptors (Lipinski definition) is 2. The molecule has 0 bridgehead atoms. The Hall–Kier alpha value is -3.20. The second-order valence-corrected chi connectivity index (χ2v) is 6.75.